The Balaban J connectivity index is 1.73. The van der Waals surface area contributed by atoms with Crippen LogP contribution in [0.4, 0.5) is 0 Å². The molecule has 9 nitrogen and oxygen atoms in total. The minimum Gasteiger partial charge on any atom is -0.295 e. The van der Waals surface area contributed by atoms with E-state index in [1.165, 1.54) is 6.92 Å². The fraction of sp³-hybridized carbons (Fsp3) is 0.318. The molecule has 0 spiro atoms. The van der Waals surface area contributed by atoms with Crippen molar-refractivity contribution in [3.8, 4) is 0 Å². The van der Waals surface area contributed by atoms with E-state index in [4.69, 9.17) is 0 Å². The van der Waals surface area contributed by atoms with Gasteiger partial charge >= 0.3 is 0 Å². The van der Waals surface area contributed by atoms with E-state index in [9.17, 15) is 18.0 Å². The highest BCUT2D eigenvalue weighted by Gasteiger charge is 2.27. The molecule has 0 aliphatic rings. The van der Waals surface area contributed by atoms with Crippen LogP contribution in [-0.2, 0) is 14.8 Å². The standard InChI is InChI=1S/C22H27N5O4S/c1-12-11-13(2)15(4)20(14(12)3)32(30,31)26-17(6)21(28)24-25-22(29)19-16(5)23-18-9-7-8-10-27(18)19/h7-11,17,26H,1-6H3,(H,24,28)(H,25,29)/t17-/m0/s1. The lowest BCUT2D eigenvalue weighted by Gasteiger charge is -2.19. The van der Waals surface area contributed by atoms with Crippen molar-refractivity contribution in [2.24, 2.45) is 0 Å². The third-order valence-electron chi connectivity index (χ3n) is 5.51. The van der Waals surface area contributed by atoms with Crippen LogP contribution in [0.3, 0.4) is 0 Å². The van der Waals surface area contributed by atoms with Crippen LogP contribution in [0.2, 0.25) is 0 Å². The molecule has 2 aromatic heterocycles. The van der Waals surface area contributed by atoms with Crippen molar-refractivity contribution in [3.63, 3.8) is 0 Å². The van der Waals surface area contributed by atoms with Gasteiger partial charge in [0.15, 0.2) is 0 Å². The van der Waals surface area contributed by atoms with Crippen LogP contribution in [0, 0.1) is 34.6 Å². The zero-order valence-corrected chi connectivity index (χ0v) is 19.7. The number of pyridine rings is 1. The highest BCUT2D eigenvalue weighted by Crippen LogP contribution is 2.26. The summed E-state index contributed by atoms with van der Waals surface area (Å²) in [7, 11) is -3.97. The van der Waals surface area contributed by atoms with Gasteiger partial charge in [0.2, 0.25) is 10.0 Å². The predicted octanol–water partition coefficient (Wildman–Crippen LogP) is 2.00. The number of hydrogen-bond acceptors (Lipinski definition) is 5. The molecule has 1 atom stereocenters. The van der Waals surface area contributed by atoms with Gasteiger partial charge in [-0.1, -0.05) is 12.1 Å². The van der Waals surface area contributed by atoms with Gasteiger partial charge < -0.3 is 0 Å². The second-order valence-electron chi connectivity index (χ2n) is 7.85. The first-order valence-corrected chi connectivity index (χ1v) is 11.6. The van der Waals surface area contributed by atoms with Crippen molar-refractivity contribution in [2.45, 2.75) is 52.5 Å². The van der Waals surface area contributed by atoms with Gasteiger partial charge in [0.05, 0.1) is 16.6 Å². The smallest absolute Gasteiger partial charge is 0.288 e. The van der Waals surface area contributed by atoms with E-state index in [1.807, 2.05) is 19.9 Å². The monoisotopic (exact) mass is 457 g/mol. The number of hydrazine groups is 1. The number of hydrogen-bond donors (Lipinski definition) is 3. The minimum atomic E-state index is -3.97. The maximum absolute atomic E-state index is 13.0. The van der Waals surface area contributed by atoms with Crippen molar-refractivity contribution in [3.05, 3.63) is 64.1 Å². The number of aromatic nitrogens is 2. The summed E-state index contributed by atoms with van der Waals surface area (Å²) in [6.45, 7) is 10.3. The second-order valence-corrected chi connectivity index (χ2v) is 9.50. The number of carbonyl (C=O) groups excluding carboxylic acids is 2. The summed E-state index contributed by atoms with van der Waals surface area (Å²) in [5.74, 6) is -1.27. The van der Waals surface area contributed by atoms with Crippen molar-refractivity contribution in [1.82, 2.24) is 25.0 Å². The summed E-state index contributed by atoms with van der Waals surface area (Å²) in [4.78, 5) is 29.6. The van der Waals surface area contributed by atoms with E-state index in [-0.39, 0.29) is 10.6 Å². The molecule has 3 N–H and O–H groups in total. The molecule has 3 rings (SSSR count). The molecule has 3 aromatic rings. The summed E-state index contributed by atoms with van der Waals surface area (Å²) >= 11 is 0. The first-order valence-electron chi connectivity index (χ1n) is 10.1. The molecule has 0 aliphatic heterocycles. The normalized spacial score (nSPS) is 12.6. The van der Waals surface area contributed by atoms with Crippen molar-refractivity contribution < 1.29 is 18.0 Å². The molecule has 0 saturated carbocycles. The van der Waals surface area contributed by atoms with Gasteiger partial charge in [0, 0.05) is 6.20 Å². The highest BCUT2D eigenvalue weighted by atomic mass is 32.2. The molecule has 0 radical (unpaired) electrons. The van der Waals surface area contributed by atoms with E-state index >= 15 is 0 Å². The first-order chi connectivity index (χ1) is 14.9. The largest absolute Gasteiger partial charge is 0.295 e. The van der Waals surface area contributed by atoms with Crippen LogP contribution in [0.1, 0.15) is 45.4 Å². The molecular formula is C22H27N5O4S. The number of benzene rings is 1. The van der Waals surface area contributed by atoms with Gasteiger partial charge in [-0.2, -0.15) is 4.72 Å². The zero-order chi connectivity index (χ0) is 23.8. The van der Waals surface area contributed by atoms with Gasteiger partial charge in [-0.15, -0.1) is 0 Å². The highest BCUT2D eigenvalue weighted by molar-refractivity contribution is 7.89. The van der Waals surface area contributed by atoms with Crippen LogP contribution in [0.15, 0.2) is 35.4 Å². The van der Waals surface area contributed by atoms with Crippen LogP contribution < -0.4 is 15.6 Å². The Morgan fingerprint density at radius 3 is 2.25 bits per heavy atom. The Morgan fingerprint density at radius 1 is 1.00 bits per heavy atom. The molecule has 0 aliphatic carbocycles. The van der Waals surface area contributed by atoms with Crippen LogP contribution in [0.25, 0.3) is 5.65 Å². The van der Waals surface area contributed by atoms with Gasteiger partial charge in [0.1, 0.15) is 11.3 Å². The molecular weight excluding hydrogens is 430 g/mol. The maximum Gasteiger partial charge on any atom is 0.288 e. The summed E-state index contributed by atoms with van der Waals surface area (Å²) in [6.07, 6.45) is 1.69. The summed E-state index contributed by atoms with van der Waals surface area (Å²) in [6, 6.07) is 6.13. The Bertz CT molecular complexity index is 1300. The van der Waals surface area contributed by atoms with E-state index in [0.717, 1.165) is 11.1 Å². The molecule has 0 bridgehead atoms. The third-order valence-corrected chi connectivity index (χ3v) is 7.32. The SMILES string of the molecule is Cc1cc(C)c(C)c(S(=O)(=O)N[C@@H](C)C(=O)NNC(=O)c2c(C)nc3ccccn23)c1C. The molecule has 32 heavy (non-hydrogen) atoms. The van der Waals surface area contributed by atoms with E-state index in [0.29, 0.717) is 22.5 Å². The van der Waals surface area contributed by atoms with Crippen molar-refractivity contribution >= 4 is 27.5 Å². The number of carbonyl (C=O) groups is 2. The van der Waals surface area contributed by atoms with Gasteiger partial charge in [-0.25, -0.2) is 13.4 Å². The number of nitrogens with zero attached hydrogens (tertiary/aromatic N) is 2. The molecule has 0 fully saturated rings. The van der Waals surface area contributed by atoms with Crippen LogP contribution in [0.5, 0.6) is 0 Å². The summed E-state index contributed by atoms with van der Waals surface area (Å²) in [5, 5.41) is 0. The number of sulfonamides is 1. The first kappa shape index (κ1) is 23.4. The van der Waals surface area contributed by atoms with Crippen LogP contribution >= 0.6 is 0 Å². The van der Waals surface area contributed by atoms with E-state index < -0.39 is 27.9 Å². The number of rotatable bonds is 5. The Hall–Kier alpha value is -3.24. The van der Waals surface area contributed by atoms with Crippen molar-refractivity contribution in [1.29, 1.82) is 0 Å². The van der Waals surface area contributed by atoms with E-state index in [2.05, 4.69) is 20.6 Å². The number of fused-ring (bicyclic) bond motifs is 1. The van der Waals surface area contributed by atoms with Gasteiger partial charge in [0.25, 0.3) is 11.8 Å². The number of amides is 2. The Morgan fingerprint density at radius 2 is 1.62 bits per heavy atom. The zero-order valence-electron chi connectivity index (χ0n) is 18.9. The number of nitrogens with one attached hydrogen (secondary N) is 3. The summed E-state index contributed by atoms with van der Waals surface area (Å²) < 4.78 is 30.0. The molecule has 2 heterocycles. The third kappa shape index (κ3) is 4.37. The lowest BCUT2D eigenvalue weighted by atomic mass is 10.0. The Kier molecular flexibility index (Phi) is 6.38. The Labute approximate surface area is 187 Å². The number of aryl methyl sites for hydroxylation is 3. The molecule has 0 saturated heterocycles. The quantitative estimate of drug-likeness (QED) is 0.506. The summed E-state index contributed by atoms with van der Waals surface area (Å²) in [5.41, 5.74) is 8.94. The molecule has 10 heteroatoms. The van der Waals surface area contributed by atoms with Gasteiger partial charge in [-0.05, 0) is 75.9 Å². The number of imidazole rings is 1. The fourth-order valence-corrected chi connectivity index (χ4v) is 5.42. The predicted molar refractivity (Wildman–Crippen MR) is 121 cm³/mol. The van der Waals surface area contributed by atoms with E-state index in [1.54, 1.807) is 49.6 Å². The second kappa shape index (κ2) is 8.71. The average Bonchev–Trinajstić information content (AvgIpc) is 3.05. The lowest BCUT2D eigenvalue weighted by molar-refractivity contribution is -0.123. The average molecular weight is 458 g/mol. The molecule has 1 aromatic carbocycles. The fourth-order valence-electron chi connectivity index (χ4n) is 3.60. The van der Waals surface area contributed by atoms with Crippen LogP contribution in [-0.4, -0.2) is 35.7 Å². The molecule has 170 valence electrons. The molecule has 2 amide bonds. The minimum absolute atomic E-state index is 0.167. The lowest BCUT2D eigenvalue weighted by Crippen LogP contribution is -2.51. The van der Waals surface area contributed by atoms with Crippen molar-refractivity contribution in [2.75, 3.05) is 0 Å². The maximum atomic E-state index is 13.0. The topological polar surface area (TPSA) is 122 Å². The van der Waals surface area contributed by atoms with Gasteiger partial charge in [-0.3, -0.25) is 24.8 Å². The molecule has 0 unspecified atom stereocenters.